The van der Waals surface area contributed by atoms with Crippen molar-refractivity contribution in [1.29, 1.82) is 0 Å². The molecule has 6 heteroatoms. The lowest BCUT2D eigenvalue weighted by atomic mass is 10.1. The maximum atomic E-state index is 13.2. The Morgan fingerprint density at radius 1 is 1.25 bits per heavy atom. The molecule has 0 unspecified atom stereocenters. The van der Waals surface area contributed by atoms with Crippen LogP contribution < -0.4 is 0 Å². The van der Waals surface area contributed by atoms with Gasteiger partial charge in [-0.2, -0.15) is 0 Å². The van der Waals surface area contributed by atoms with Crippen molar-refractivity contribution in [1.82, 2.24) is 14.6 Å². The van der Waals surface area contributed by atoms with Crippen LogP contribution in [0, 0.1) is 12.7 Å². The molecule has 2 aromatic heterocycles. The van der Waals surface area contributed by atoms with Gasteiger partial charge in [0.25, 0.3) is 0 Å². The van der Waals surface area contributed by atoms with Crippen molar-refractivity contribution in [3.8, 4) is 11.4 Å². The van der Waals surface area contributed by atoms with Gasteiger partial charge in [-0.1, -0.05) is 0 Å². The van der Waals surface area contributed by atoms with Crippen molar-refractivity contribution in [2.75, 3.05) is 0 Å². The van der Waals surface area contributed by atoms with Gasteiger partial charge in [-0.05, 0) is 42.8 Å². The van der Waals surface area contributed by atoms with Crippen LogP contribution in [0.15, 0.2) is 36.5 Å². The van der Waals surface area contributed by atoms with Gasteiger partial charge in [0.15, 0.2) is 11.5 Å². The van der Waals surface area contributed by atoms with E-state index < -0.39 is 5.97 Å². The van der Waals surface area contributed by atoms with Crippen LogP contribution >= 0.6 is 0 Å². The van der Waals surface area contributed by atoms with Gasteiger partial charge < -0.3 is 5.11 Å². The highest BCUT2D eigenvalue weighted by molar-refractivity contribution is 5.87. The van der Waals surface area contributed by atoms with E-state index in [0.29, 0.717) is 22.6 Å². The number of fused-ring (bicyclic) bond motifs is 1. The number of nitrogens with zero attached hydrogens (tertiary/aromatic N) is 3. The minimum atomic E-state index is -1.03. The van der Waals surface area contributed by atoms with Crippen molar-refractivity contribution < 1.29 is 14.3 Å². The summed E-state index contributed by atoms with van der Waals surface area (Å²) in [5.41, 5.74) is 2.09. The first-order valence-electron chi connectivity index (χ1n) is 5.91. The fraction of sp³-hybridized carbons (Fsp3) is 0.0714. The topological polar surface area (TPSA) is 67.5 Å². The molecule has 20 heavy (non-hydrogen) atoms. The number of carboxylic acids is 1. The van der Waals surface area contributed by atoms with E-state index in [4.69, 9.17) is 5.11 Å². The Morgan fingerprint density at radius 2 is 2.05 bits per heavy atom. The van der Waals surface area contributed by atoms with Gasteiger partial charge in [-0.15, -0.1) is 10.2 Å². The van der Waals surface area contributed by atoms with E-state index in [1.54, 1.807) is 23.5 Å². The molecule has 3 aromatic rings. The molecule has 0 bridgehead atoms. The highest BCUT2D eigenvalue weighted by Gasteiger charge is 2.13. The van der Waals surface area contributed by atoms with E-state index in [-0.39, 0.29) is 11.4 Å². The number of carbonyl (C=O) groups is 1. The fourth-order valence-corrected chi connectivity index (χ4v) is 2.08. The molecular formula is C14H10FN3O2. The van der Waals surface area contributed by atoms with Crippen molar-refractivity contribution >= 4 is 11.6 Å². The third kappa shape index (κ3) is 1.91. The Balaban J connectivity index is 2.25. The fourth-order valence-electron chi connectivity index (χ4n) is 2.08. The summed E-state index contributed by atoms with van der Waals surface area (Å²) < 4.78 is 14.7. The zero-order valence-electron chi connectivity index (χ0n) is 10.5. The molecule has 2 heterocycles. The monoisotopic (exact) mass is 271 g/mol. The first kappa shape index (κ1) is 12.3. The molecule has 0 aliphatic carbocycles. The predicted octanol–water partition coefficient (Wildman–Crippen LogP) is 2.54. The van der Waals surface area contributed by atoms with Crippen molar-refractivity contribution in [2.45, 2.75) is 6.92 Å². The van der Waals surface area contributed by atoms with Crippen LogP contribution in [0.4, 0.5) is 4.39 Å². The van der Waals surface area contributed by atoms with E-state index in [9.17, 15) is 9.18 Å². The van der Waals surface area contributed by atoms with E-state index in [2.05, 4.69) is 10.2 Å². The zero-order chi connectivity index (χ0) is 14.3. The summed E-state index contributed by atoms with van der Waals surface area (Å²) in [4.78, 5) is 11.0. The summed E-state index contributed by atoms with van der Waals surface area (Å²) in [7, 11) is 0. The molecule has 100 valence electrons. The predicted molar refractivity (Wildman–Crippen MR) is 70.1 cm³/mol. The molecule has 0 radical (unpaired) electrons. The molecule has 0 aliphatic heterocycles. The Kier molecular flexibility index (Phi) is 2.71. The number of aromatic carboxylic acids is 1. The van der Waals surface area contributed by atoms with Crippen molar-refractivity contribution in [2.24, 2.45) is 0 Å². The lowest BCUT2D eigenvalue weighted by molar-refractivity contribution is 0.0696. The number of aryl methyl sites for hydroxylation is 1. The summed E-state index contributed by atoms with van der Waals surface area (Å²) in [5, 5.41) is 17.1. The minimum Gasteiger partial charge on any atom is -0.478 e. The van der Waals surface area contributed by atoms with Crippen molar-refractivity contribution in [3.05, 3.63) is 53.5 Å². The summed E-state index contributed by atoms with van der Waals surface area (Å²) in [6.45, 7) is 1.76. The van der Waals surface area contributed by atoms with Gasteiger partial charge >= 0.3 is 5.97 Å². The summed E-state index contributed by atoms with van der Waals surface area (Å²) in [5.74, 6) is -0.866. The van der Waals surface area contributed by atoms with E-state index >= 15 is 0 Å². The van der Waals surface area contributed by atoms with Crippen LogP contribution in [0.3, 0.4) is 0 Å². The first-order valence-corrected chi connectivity index (χ1v) is 5.91. The normalized spacial score (nSPS) is 10.9. The number of pyridine rings is 1. The number of aromatic nitrogens is 3. The number of hydrogen-bond donors (Lipinski definition) is 1. The van der Waals surface area contributed by atoms with Crippen LogP contribution in [0.1, 0.15) is 15.9 Å². The second-order valence-corrected chi connectivity index (χ2v) is 4.43. The maximum Gasteiger partial charge on any atom is 0.337 e. The van der Waals surface area contributed by atoms with Crippen molar-refractivity contribution in [3.63, 3.8) is 0 Å². The lowest BCUT2D eigenvalue weighted by Crippen LogP contribution is -2.00. The number of hydrogen-bond acceptors (Lipinski definition) is 3. The molecule has 0 fully saturated rings. The zero-order valence-corrected chi connectivity index (χ0v) is 10.5. The summed E-state index contributed by atoms with van der Waals surface area (Å²) >= 11 is 0. The van der Waals surface area contributed by atoms with Gasteiger partial charge in [0.1, 0.15) is 5.82 Å². The molecule has 0 spiro atoms. The highest BCUT2D eigenvalue weighted by atomic mass is 19.1. The smallest absolute Gasteiger partial charge is 0.337 e. The third-order valence-electron chi connectivity index (χ3n) is 3.08. The third-order valence-corrected chi connectivity index (χ3v) is 3.08. The molecule has 1 N–H and O–H groups in total. The molecule has 0 atom stereocenters. The Hall–Kier alpha value is -2.76. The van der Waals surface area contributed by atoms with Gasteiger partial charge in [0.2, 0.25) is 0 Å². The molecule has 0 amide bonds. The van der Waals surface area contributed by atoms with Gasteiger partial charge in [0, 0.05) is 11.8 Å². The van der Waals surface area contributed by atoms with Crippen LogP contribution in [-0.2, 0) is 0 Å². The summed E-state index contributed by atoms with van der Waals surface area (Å²) in [6.07, 6.45) is 1.45. The molecule has 0 aliphatic rings. The highest BCUT2D eigenvalue weighted by Crippen LogP contribution is 2.23. The summed E-state index contributed by atoms with van der Waals surface area (Å²) in [6, 6.07) is 7.39. The minimum absolute atomic E-state index is 0.137. The maximum absolute atomic E-state index is 13.2. The molecule has 0 saturated carbocycles. The lowest BCUT2D eigenvalue weighted by Gasteiger charge is -2.05. The quantitative estimate of drug-likeness (QED) is 0.777. The number of carboxylic acid groups (broad SMARTS) is 1. The van der Waals surface area contributed by atoms with E-state index in [1.807, 2.05) is 0 Å². The number of halogens is 1. The first-order chi connectivity index (χ1) is 9.56. The second kappa shape index (κ2) is 4.41. The van der Waals surface area contributed by atoms with Crippen LogP contribution in [0.5, 0.6) is 0 Å². The number of rotatable bonds is 2. The molecule has 1 aromatic carbocycles. The average Bonchev–Trinajstić information content (AvgIpc) is 2.81. The largest absolute Gasteiger partial charge is 0.478 e. The molecule has 5 nitrogen and oxygen atoms in total. The second-order valence-electron chi connectivity index (χ2n) is 4.43. The van der Waals surface area contributed by atoms with Crippen LogP contribution in [0.2, 0.25) is 0 Å². The Labute approximate surface area is 113 Å². The van der Waals surface area contributed by atoms with E-state index in [1.165, 1.54) is 24.4 Å². The number of benzene rings is 1. The van der Waals surface area contributed by atoms with Crippen LogP contribution in [-0.4, -0.2) is 25.7 Å². The van der Waals surface area contributed by atoms with E-state index in [0.717, 1.165) is 0 Å². The van der Waals surface area contributed by atoms with Gasteiger partial charge in [-0.25, -0.2) is 9.18 Å². The SMILES string of the molecule is Cc1cc(F)ccc1-c1nnc2ccc(C(=O)O)cn12. The standard InChI is InChI=1S/C14H10FN3O2/c1-8-6-10(15)3-4-11(8)13-17-16-12-5-2-9(14(19)20)7-18(12)13/h2-7H,1H3,(H,19,20). The Morgan fingerprint density at radius 3 is 2.75 bits per heavy atom. The molecule has 0 saturated heterocycles. The Bertz CT molecular complexity index is 826. The molecular weight excluding hydrogens is 261 g/mol. The average molecular weight is 271 g/mol. The molecule has 3 rings (SSSR count). The van der Waals surface area contributed by atoms with Gasteiger partial charge in [0.05, 0.1) is 5.56 Å². The van der Waals surface area contributed by atoms with Gasteiger partial charge in [-0.3, -0.25) is 4.40 Å². The van der Waals surface area contributed by atoms with Crippen LogP contribution in [0.25, 0.3) is 17.0 Å².